The number of hydrogen-bond acceptors (Lipinski definition) is 5. The summed E-state index contributed by atoms with van der Waals surface area (Å²) in [6.45, 7) is 1.97. The Hall–Kier alpha value is -2.19. The Balaban J connectivity index is 1.81. The molecular formula is C15H15N3O4S. The number of benzene rings is 1. The molecule has 23 heavy (non-hydrogen) atoms. The van der Waals surface area contributed by atoms with Gasteiger partial charge in [0, 0.05) is 24.2 Å². The normalized spacial score (nSPS) is 19.0. The highest BCUT2D eigenvalue weighted by Gasteiger charge is 2.34. The fourth-order valence-electron chi connectivity index (χ4n) is 3.03. The van der Waals surface area contributed by atoms with E-state index in [1.807, 2.05) is 0 Å². The minimum absolute atomic E-state index is 0.207. The van der Waals surface area contributed by atoms with E-state index in [1.165, 1.54) is 0 Å². The van der Waals surface area contributed by atoms with E-state index in [-0.39, 0.29) is 22.2 Å². The molecule has 1 amide bonds. The predicted molar refractivity (Wildman–Crippen MR) is 81.6 cm³/mol. The molecule has 1 fully saturated rings. The molecule has 0 radical (unpaired) electrons. The van der Waals surface area contributed by atoms with Gasteiger partial charge >= 0.3 is 0 Å². The molecule has 0 unspecified atom stereocenters. The second kappa shape index (κ2) is 5.17. The molecule has 1 N–H and O–H groups in total. The quantitative estimate of drug-likeness (QED) is 0.835. The van der Waals surface area contributed by atoms with Crippen LogP contribution in [0.15, 0.2) is 29.2 Å². The second-order valence-corrected chi connectivity index (χ2v) is 7.54. The van der Waals surface area contributed by atoms with E-state index in [0.29, 0.717) is 43.1 Å². The Kier molecular flexibility index (Phi) is 3.24. The number of amides is 1. The summed E-state index contributed by atoms with van der Waals surface area (Å²) in [5.74, 6) is -0.432. The number of nitrogens with zero attached hydrogens (tertiary/aromatic N) is 2. The van der Waals surface area contributed by atoms with E-state index < -0.39 is 9.84 Å². The number of sulfone groups is 1. The van der Waals surface area contributed by atoms with Gasteiger partial charge < -0.3 is 9.64 Å². The molecule has 1 aromatic heterocycles. The number of aromatic nitrogens is 2. The SMILES string of the molecule is O=C(c1[nH]nc2c1CS(=O)(=O)c1ccccc1-2)N1CCOCC1. The smallest absolute Gasteiger partial charge is 0.272 e. The lowest BCUT2D eigenvalue weighted by Crippen LogP contribution is -2.41. The number of ether oxygens (including phenoxy) is 1. The molecular weight excluding hydrogens is 318 g/mol. The van der Waals surface area contributed by atoms with Crippen molar-refractivity contribution in [3.05, 3.63) is 35.5 Å². The number of carbonyl (C=O) groups excluding carboxylic acids is 1. The van der Waals surface area contributed by atoms with Crippen LogP contribution in [0.5, 0.6) is 0 Å². The zero-order chi connectivity index (χ0) is 16.0. The predicted octanol–water partition coefficient (Wildman–Crippen LogP) is 0.836. The first-order chi connectivity index (χ1) is 11.1. The van der Waals surface area contributed by atoms with E-state index in [0.717, 1.165) is 0 Å². The Morgan fingerprint density at radius 3 is 2.74 bits per heavy atom. The number of nitrogens with one attached hydrogen (secondary N) is 1. The van der Waals surface area contributed by atoms with E-state index in [1.54, 1.807) is 29.2 Å². The summed E-state index contributed by atoms with van der Waals surface area (Å²) in [4.78, 5) is 14.6. The second-order valence-electron chi connectivity index (χ2n) is 5.59. The van der Waals surface area contributed by atoms with Crippen molar-refractivity contribution in [2.24, 2.45) is 0 Å². The van der Waals surface area contributed by atoms with E-state index >= 15 is 0 Å². The number of rotatable bonds is 1. The highest BCUT2D eigenvalue weighted by atomic mass is 32.2. The van der Waals surface area contributed by atoms with Gasteiger partial charge in [0.2, 0.25) is 0 Å². The molecule has 2 aliphatic heterocycles. The minimum atomic E-state index is -3.47. The van der Waals surface area contributed by atoms with Crippen molar-refractivity contribution in [2.75, 3.05) is 26.3 Å². The summed E-state index contributed by atoms with van der Waals surface area (Å²) >= 11 is 0. The Morgan fingerprint density at radius 2 is 1.96 bits per heavy atom. The topological polar surface area (TPSA) is 92.4 Å². The van der Waals surface area contributed by atoms with Gasteiger partial charge in [-0.3, -0.25) is 9.89 Å². The van der Waals surface area contributed by atoms with Crippen molar-refractivity contribution in [3.8, 4) is 11.3 Å². The molecule has 1 saturated heterocycles. The summed E-state index contributed by atoms with van der Waals surface area (Å²) in [5, 5.41) is 6.96. The van der Waals surface area contributed by atoms with Crippen LogP contribution >= 0.6 is 0 Å². The van der Waals surface area contributed by atoms with Crippen LogP contribution in [0.1, 0.15) is 16.1 Å². The van der Waals surface area contributed by atoms with Gasteiger partial charge in [0.1, 0.15) is 5.69 Å². The maximum absolute atomic E-state index is 12.7. The Labute approximate surface area is 133 Å². The van der Waals surface area contributed by atoms with E-state index in [4.69, 9.17) is 4.74 Å². The number of H-pyrrole nitrogens is 1. The average molecular weight is 333 g/mol. The van der Waals surface area contributed by atoms with E-state index in [2.05, 4.69) is 10.2 Å². The maximum atomic E-state index is 12.7. The van der Waals surface area contributed by atoms with Crippen LogP contribution in [0.4, 0.5) is 0 Å². The summed E-state index contributed by atoms with van der Waals surface area (Å²) < 4.78 is 30.2. The molecule has 2 aliphatic rings. The lowest BCUT2D eigenvalue weighted by atomic mass is 10.1. The van der Waals surface area contributed by atoms with Crippen LogP contribution in [-0.2, 0) is 20.3 Å². The van der Waals surface area contributed by atoms with Gasteiger partial charge in [-0.2, -0.15) is 5.10 Å². The lowest BCUT2D eigenvalue weighted by molar-refractivity contribution is 0.0298. The van der Waals surface area contributed by atoms with Gasteiger partial charge in [-0.05, 0) is 6.07 Å². The highest BCUT2D eigenvalue weighted by molar-refractivity contribution is 7.90. The molecule has 0 spiro atoms. The van der Waals surface area contributed by atoms with Gasteiger partial charge in [-0.1, -0.05) is 18.2 Å². The Morgan fingerprint density at radius 1 is 1.22 bits per heavy atom. The minimum Gasteiger partial charge on any atom is -0.378 e. The molecule has 2 aromatic rings. The molecule has 120 valence electrons. The third kappa shape index (κ3) is 2.25. The molecule has 0 aliphatic carbocycles. The first-order valence-corrected chi connectivity index (χ1v) is 8.99. The van der Waals surface area contributed by atoms with Gasteiger partial charge in [0.25, 0.3) is 5.91 Å². The van der Waals surface area contributed by atoms with Gasteiger partial charge in [0.05, 0.1) is 29.6 Å². The number of fused-ring (bicyclic) bond motifs is 3. The zero-order valence-corrected chi connectivity index (χ0v) is 13.1. The first-order valence-electron chi connectivity index (χ1n) is 7.34. The molecule has 0 bridgehead atoms. The largest absolute Gasteiger partial charge is 0.378 e. The van der Waals surface area contributed by atoms with Crippen molar-refractivity contribution >= 4 is 15.7 Å². The monoisotopic (exact) mass is 333 g/mol. The summed E-state index contributed by atoms with van der Waals surface area (Å²) in [6.07, 6.45) is 0. The fourth-order valence-corrected chi connectivity index (χ4v) is 4.63. The molecule has 8 heteroatoms. The average Bonchev–Trinajstić information content (AvgIpc) is 2.98. The van der Waals surface area contributed by atoms with Gasteiger partial charge in [0.15, 0.2) is 9.84 Å². The zero-order valence-electron chi connectivity index (χ0n) is 12.3. The standard InChI is InChI=1S/C15H15N3O4S/c19-15(18-5-7-22-8-6-18)14-11-9-23(20,21)12-4-2-1-3-10(12)13(11)16-17-14/h1-4H,5-9H2,(H,16,17). The summed E-state index contributed by atoms with van der Waals surface area (Å²) in [6, 6.07) is 6.75. The lowest BCUT2D eigenvalue weighted by Gasteiger charge is -2.27. The van der Waals surface area contributed by atoms with Gasteiger partial charge in [-0.25, -0.2) is 8.42 Å². The van der Waals surface area contributed by atoms with Crippen LogP contribution in [0.25, 0.3) is 11.3 Å². The Bertz CT molecular complexity index is 882. The fraction of sp³-hybridized carbons (Fsp3) is 0.333. The van der Waals surface area contributed by atoms with Crippen LogP contribution in [-0.4, -0.2) is 55.7 Å². The maximum Gasteiger partial charge on any atom is 0.272 e. The van der Waals surface area contributed by atoms with Crippen molar-refractivity contribution < 1.29 is 17.9 Å². The van der Waals surface area contributed by atoms with Crippen LogP contribution < -0.4 is 0 Å². The first kappa shape index (κ1) is 14.4. The van der Waals surface area contributed by atoms with Crippen molar-refractivity contribution in [1.29, 1.82) is 0 Å². The molecule has 7 nitrogen and oxygen atoms in total. The third-order valence-corrected chi connectivity index (χ3v) is 5.89. The molecule has 4 rings (SSSR count). The molecule has 0 saturated carbocycles. The number of aromatic amines is 1. The molecule has 3 heterocycles. The third-order valence-electron chi connectivity index (χ3n) is 4.19. The van der Waals surface area contributed by atoms with Crippen LogP contribution in [0.2, 0.25) is 0 Å². The number of morpholine rings is 1. The molecule has 1 aromatic carbocycles. The molecule has 0 atom stereocenters. The van der Waals surface area contributed by atoms with Crippen molar-refractivity contribution in [3.63, 3.8) is 0 Å². The summed E-state index contributed by atoms with van der Waals surface area (Å²) in [7, 11) is -3.47. The van der Waals surface area contributed by atoms with Crippen LogP contribution in [0, 0.1) is 0 Å². The highest BCUT2D eigenvalue weighted by Crippen LogP contribution is 2.37. The number of hydrogen-bond donors (Lipinski definition) is 1. The summed E-state index contributed by atoms with van der Waals surface area (Å²) in [5.41, 5.74) is 1.82. The van der Waals surface area contributed by atoms with Crippen molar-refractivity contribution in [2.45, 2.75) is 10.6 Å². The van der Waals surface area contributed by atoms with E-state index in [9.17, 15) is 13.2 Å². The van der Waals surface area contributed by atoms with Crippen LogP contribution in [0.3, 0.4) is 0 Å². The van der Waals surface area contributed by atoms with Gasteiger partial charge in [-0.15, -0.1) is 0 Å². The van der Waals surface area contributed by atoms with Crippen molar-refractivity contribution in [1.82, 2.24) is 15.1 Å². The number of carbonyl (C=O) groups is 1.